The van der Waals surface area contributed by atoms with Crippen molar-refractivity contribution in [1.82, 2.24) is 5.32 Å². The summed E-state index contributed by atoms with van der Waals surface area (Å²) in [5.41, 5.74) is -0.520. The summed E-state index contributed by atoms with van der Waals surface area (Å²) < 4.78 is 1.43. The second-order valence-corrected chi connectivity index (χ2v) is 5.77. The molecule has 96 valence electrons. The number of carboxylic acids is 1. The van der Waals surface area contributed by atoms with Gasteiger partial charge in [0.25, 0.3) is 0 Å². The Bertz CT molecular complexity index is 495. The number of hydrogen-bond acceptors (Lipinski definition) is 2. The van der Waals surface area contributed by atoms with Crippen molar-refractivity contribution in [1.29, 1.82) is 0 Å². The van der Waals surface area contributed by atoms with Crippen LogP contribution in [0.1, 0.15) is 12.8 Å². The minimum Gasteiger partial charge on any atom is -0.480 e. The van der Waals surface area contributed by atoms with Gasteiger partial charge in [0.2, 0.25) is 0 Å². The van der Waals surface area contributed by atoms with Gasteiger partial charge in [-0.1, -0.05) is 6.07 Å². The Kier molecular flexibility index (Phi) is 3.63. The smallest absolute Gasteiger partial charge is 0.329 e. The molecule has 0 atom stereocenters. The average Bonchev–Trinajstić information content (AvgIpc) is 3.05. The first-order valence-electron chi connectivity index (χ1n) is 5.21. The highest BCUT2D eigenvalue weighted by Crippen LogP contribution is 2.36. The quantitative estimate of drug-likeness (QED) is 0.757. The number of nitrogens with one attached hydrogen (secondary N) is 2. The van der Waals surface area contributed by atoms with Crippen LogP contribution >= 0.6 is 31.9 Å². The lowest BCUT2D eigenvalue weighted by molar-refractivity contribution is -0.140. The maximum Gasteiger partial charge on any atom is 0.329 e. The maximum atomic E-state index is 11.7. The number of halogens is 2. The summed E-state index contributed by atoms with van der Waals surface area (Å²) in [5.74, 6) is -0.996. The van der Waals surface area contributed by atoms with E-state index in [2.05, 4.69) is 42.5 Å². The van der Waals surface area contributed by atoms with Crippen LogP contribution in [-0.4, -0.2) is 22.6 Å². The Morgan fingerprint density at radius 2 is 1.78 bits per heavy atom. The van der Waals surface area contributed by atoms with Crippen LogP contribution in [0.2, 0.25) is 0 Å². The first-order valence-corrected chi connectivity index (χ1v) is 6.80. The molecule has 5 nitrogen and oxygen atoms in total. The summed E-state index contributed by atoms with van der Waals surface area (Å²) in [6.45, 7) is 0. The summed E-state index contributed by atoms with van der Waals surface area (Å²) in [5, 5.41) is 14.1. The topological polar surface area (TPSA) is 78.4 Å². The van der Waals surface area contributed by atoms with Crippen molar-refractivity contribution in [3.8, 4) is 0 Å². The van der Waals surface area contributed by atoms with Gasteiger partial charge in [-0.3, -0.25) is 0 Å². The van der Waals surface area contributed by atoms with Gasteiger partial charge >= 0.3 is 12.0 Å². The van der Waals surface area contributed by atoms with Crippen LogP contribution in [-0.2, 0) is 4.79 Å². The molecule has 1 saturated carbocycles. The third-order valence-corrected chi connectivity index (χ3v) is 4.04. The van der Waals surface area contributed by atoms with Gasteiger partial charge in [0.15, 0.2) is 0 Å². The van der Waals surface area contributed by atoms with Crippen LogP contribution in [0, 0.1) is 0 Å². The van der Waals surface area contributed by atoms with Gasteiger partial charge < -0.3 is 15.7 Å². The number of aliphatic carboxylic acids is 1. The SMILES string of the molecule is O=C(Nc1c(Br)cccc1Br)NC1(C(=O)O)CC1. The van der Waals surface area contributed by atoms with E-state index in [1.54, 1.807) is 12.1 Å². The number of carbonyl (C=O) groups is 2. The lowest BCUT2D eigenvalue weighted by atomic mass is 10.3. The zero-order valence-corrected chi connectivity index (χ0v) is 12.3. The minimum atomic E-state index is -1.09. The number of para-hydroxylation sites is 1. The standard InChI is InChI=1S/C11H10Br2N2O3/c12-6-2-1-3-7(13)8(6)14-10(18)15-11(4-5-11)9(16)17/h1-3H,4-5H2,(H,16,17)(H2,14,15,18). The fourth-order valence-electron chi connectivity index (χ4n) is 1.50. The molecule has 3 N–H and O–H groups in total. The van der Waals surface area contributed by atoms with Crippen molar-refractivity contribution in [2.75, 3.05) is 5.32 Å². The van der Waals surface area contributed by atoms with Gasteiger partial charge in [0, 0.05) is 8.95 Å². The number of amides is 2. The first-order chi connectivity index (χ1) is 8.44. The molecule has 7 heteroatoms. The van der Waals surface area contributed by atoms with Crippen molar-refractivity contribution in [2.45, 2.75) is 18.4 Å². The van der Waals surface area contributed by atoms with E-state index in [0.717, 1.165) is 0 Å². The van der Waals surface area contributed by atoms with Gasteiger partial charge in [-0.2, -0.15) is 0 Å². The number of hydrogen-bond donors (Lipinski definition) is 3. The summed E-state index contributed by atoms with van der Waals surface area (Å²) in [6, 6.07) is 4.86. The van der Waals surface area contributed by atoms with E-state index < -0.39 is 17.5 Å². The number of anilines is 1. The van der Waals surface area contributed by atoms with E-state index in [1.807, 2.05) is 6.07 Å². The Morgan fingerprint density at radius 3 is 2.22 bits per heavy atom. The molecule has 1 fully saturated rings. The third kappa shape index (κ3) is 2.67. The zero-order chi connectivity index (χ0) is 13.3. The molecule has 2 rings (SSSR count). The highest BCUT2D eigenvalue weighted by molar-refractivity contribution is 9.11. The fourth-order valence-corrected chi connectivity index (χ4v) is 2.69. The van der Waals surface area contributed by atoms with Crippen molar-refractivity contribution in [2.24, 2.45) is 0 Å². The van der Waals surface area contributed by atoms with Gasteiger partial charge in [-0.15, -0.1) is 0 Å². The number of urea groups is 1. The monoisotopic (exact) mass is 376 g/mol. The normalized spacial score (nSPS) is 15.9. The van der Waals surface area contributed by atoms with E-state index in [4.69, 9.17) is 5.11 Å². The van der Waals surface area contributed by atoms with E-state index in [0.29, 0.717) is 27.5 Å². The average molecular weight is 378 g/mol. The molecule has 1 aromatic rings. The van der Waals surface area contributed by atoms with Crippen LogP contribution in [0.4, 0.5) is 10.5 Å². The number of rotatable bonds is 3. The first kappa shape index (κ1) is 13.4. The van der Waals surface area contributed by atoms with Gasteiger partial charge in [-0.05, 0) is 56.8 Å². The number of carboxylic acid groups (broad SMARTS) is 1. The van der Waals surface area contributed by atoms with E-state index >= 15 is 0 Å². The highest BCUT2D eigenvalue weighted by Gasteiger charge is 2.51. The Hall–Kier alpha value is -1.08. The van der Waals surface area contributed by atoms with Crippen molar-refractivity contribution in [3.63, 3.8) is 0 Å². The third-order valence-electron chi connectivity index (χ3n) is 2.71. The predicted octanol–water partition coefficient (Wildman–Crippen LogP) is 2.95. The Labute approximate surface area is 120 Å². The van der Waals surface area contributed by atoms with Crippen molar-refractivity contribution >= 4 is 49.5 Å². The molecular formula is C11H10Br2N2O3. The minimum absolute atomic E-state index is 0.465. The largest absolute Gasteiger partial charge is 0.480 e. The summed E-state index contributed by atoms with van der Waals surface area (Å²) in [7, 11) is 0. The highest BCUT2D eigenvalue weighted by atomic mass is 79.9. The molecule has 0 bridgehead atoms. The molecule has 0 radical (unpaired) electrons. The van der Waals surface area contributed by atoms with Crippen LogP contribution in [0.15, 0.2) is 27.1 Å². The van der Waals surface area contributed by atoms with Crippen LogP contribution < -0.4 is 10.6 Å². The Morgan fingerprint density at radius 1 is 1.22 bits per heavy atom. The maximum absolute atomic E-state index is 11.7. The van der Waals surface area contributed by atoms with Crippen LogP contribution in [0.3, 0.4) is 0 Å². The van der Waals surface area contributed by atoms with Gasteiger partial charge in [0.05, 0.1) is 5.69 Å². The van der Waals surface area contributed by atoms with E-state index in [9.17, 15) is 9.59 Å². The molecule has 0 unspecified atom stereocenters. The molecule has 1 aliphatic carbocycles. The molecule has 0 aromatic heterocycles. The molecule has 1 aromatic carbocycles. The predicted molar refractivity (Wildman–Crippen MR) is 73.6 cm³/mol. The van der Waals surface area contributed by atoms with Crippen LogP contribution in [0.25, 0.3) is 0 Å². The molecule has 18 heavy (non-hydrogen) atoms. The van der Waals surface area contributed by atoms with E-state index in [1.165, 1.54) is 0 Å². The van der Waals surface area contributed by atoms with E-state index in [-0.39, 0.29) is 0 Å². The molecule has 0 saturated heterocycles. The number of carbonyl (C=O) groups excluding carboxylic acids is 1. The number of benzene rings is 1. The van der Waals surface area contributed by atoms with Gasteiger partial charge in [-0.25, -0.2) is 9.59 Å². The molecule has 0 heterocycles. The molecule has 2 amide bonds. The van der Waals surface area contributed by atoms with Gasteiger partial charge in [0.1, 0.15) is 5.54 Å². The zero-order valence-electron chi connectivity index (χ0n) is 9.17. The second kappa shape index (κ2) is 4.89. The summed E-state index contributed by atoms with van der Waals surface area (Å²) in [4.78, 5) is 22.7. The lowest BCUT2D eigenvalue weighted by Crippen LogP contribution is -2.45. The molecule has 0 aliphatic heterocycles. The van der Waals surface area contributed by atoms with Crippen molar-refractivity contribution < 1.29 is 14.7 Å². The molecule has 0 spiro atoms. The van der Waals surface area contributed by atoms with Crippen molar-refractivity contribution in [3.05, 3.63) is 27.1 Å². The Balaban J connectivity index is 2.06. The summed E-state index contributed by atoms with van der Waals surface area (Å²) >= 11 is 6.62. The fraction of sp³-hybridized carbons (Fsp3) is 0.273. The summed E-state index contributed by atoms with van der Waals surface area (Å²) in [6.07, 6.45) is 0.930. The molecule has 1 aliphatic rings. The lowest BCUT2D eigenvalue weighted by Gasteiger charge is -2.14. The second-order valence-electron chi connectivity index (χ2n) is 4.06. The molecular weight excluding hydrogens is 368 g/mol. The van der Waals surface area contributed by atoms with Crippen LogP contribution in [0.5, 0.6) is 0 Å².